The van der Waals surface area contributed by atoms with Gasteiger partial charge in [0, 0.05) is 10.9 Å². The number of nitrogens with zero attached hydrogens (tertiary/aromatic N) is 1. The lowest BCUT2D eigenvalue weighted by molar-refractivity contribution is -0.117. The maximum atomic E-state index is 12.6. The first-order valence-corrected chi connectivity index (χ1v) is 12.0. The van der Waals surface area contributed by atoms with Crippen LogP contribution >= 0.6 is 11.3 Å². The van der Waals surface area contributed by atoms with Gasteiger partial charge in [-0.05, 0) is 62.9 Å². The van der Waals surface area contributed by atoms with E-state index in [1.54, 1.807) is 19.2 Å². The second kappa shape index (κ2) is 8.84. The van der Waals surface area contributed by atoms with Gasteiger partial charge >= 0.3 is 0 Å². The van der Waals surface area contributed by atoms with Crippen molar-refractivity contribution in [3.8, 4) is 0 Å². The molecule has 30 heavy (non-hydrogen) atoms. The summed E-state index contributed by atoms with van der Waals surface area (Å²) < 4.78 is 22.8. The van der Waals surface area contributed by atoms with Crippen molar-refractivity contribution in [2.45, 2.75) is 43.5 Å². The van der Waals surface area contributed by atoms with Crippen molar-refractivity contribution in [2.24, 2.45) is 10.9 Å². The van der Waals surface area contributed by atoms with Crippen LogP contribution in [0.3, 0.4) is 0 Å². The molecule has 162 valence electrons. The molecule has 0 saturated heterocycles. The lowest BCUT2D eigenvalue weighted by Gasteiger charge is -2.24. The van der Waals surface area contributed by atoms with Crippen molar-refractivity contribution < 1.29 is 18.0 Å². The van der Waals surface area contributed by atoms with Crippen LogP contribution in [0.1, 0.15) is 52.2 Å². The molecule has 1 aromatic carbocycles. The van der Waals surface area contributed by atoms with Crippen molar-refractivity contribution in [1.29, 1.82) is 0 Å². The molecule has 0 fully saturated rings. The Kier molecular flexibility index (Phi) is 6.61. The summed E-state index contributed by atoms with van der Waals surface area (Å²) in [6.45, 7) is 2.01. The van der Waals surface area contributed by atoms with Gasteiger partial charge in [0.05, 0.1) is 17.0 Å². The number of anilines is 1. The van der Waals surface area contributed by atoms with Gasteiger partial charge < -0.3 is 11.1 Å². The van der Waals surface area contributed by atoms with Gasteiger partial charge in [0.15, 0.2) is 0 Å². The molecule has 0 aliphatic heterocycles. The quantitative estimate of drug-likeness (QED) is 0.593. The molecular formula is C20H26N4O4S2. The number of carbonyl (C=O) groups is 2. The number of rotatable bonds is 7. The number of nitrogens with one attached hydrogen (secondary N) is 1. The van der Waals surface area contributed by atoms with Gasteiger partial charge in [-0.25, -0.2) is 13.6 Å². The van der Waals surface area contributed by atoms with Crippen LogP contribution in [0.5, 0.6) is 0 Å². The molecule has 1 aliphatic rings. The Balaban J connectivity index is 1.69. The van der Waals surface area contributed by atoms with Gasteiger partial charge in [0.1, 0.15) is 5.00 Å². The molecule has 3 rings (SSSR count). The van der Waals surface area contributed by atoms with E-state index in [0.29, 0.717) is 10.6 Å². The summed E-state index contributed by atoms with van der Waals surface area (Å²) in [5, 5.41) is 8.51. The monoisotopic (exact) mass is 450 g/mol. The first kappa shape index (κ1) is 22.4. The van der Waals surface area contributed by atoms with Crippen molar-refractivity contribution in [1.82, 2.24) is 4.90 Å². The number of benzene rings is 1. The Bertz CT molecular complexity index is 1060. The highest BCUT2D eigenvalue weighted by Crippen LogP contribution is 2.37. The molecule has 8 nitrogen and oxygen atoms in total. The van der Waals surface area contributed by atoms with Gasteiger partial charge in [0.2, 0.25) is 15.9 Å². The van der Waals surface area contributed by atoms with Gasteiger partial charge in [-0.15, -0.1) is 11.3 Å². The summed E-state index contributed by atoms with van der Waals surface area (Å²) in [7, 11) is -1.95. The molecule has 1 aliphatic carbocycles. The van der Waals surface area contributed by atoms with E-state index in [4.69, 9.17) is 10.9 Å². The van der Waals surface area contributed by atoms with Crippen LogP contribution in [-0.4, -0.2) is 38.7 Å². The number of likely N-dealkylation sites (N-methyl/N-ethyl adjacent to an activating group) is 1. The number of hydrogen-bond donors (Lipinski definition) is 3. The third kappa shape index (κ3) is 4.89. The van der Waals surface area contributed by atoms with Crippen LogP contribution in [0, 0.1) is 0 Å². The van der Waals surface area contributed by atoms with Crippen molar-refractivity contribution in [3.05, 3.63) is 45.8 Å². The SMILES string of the molecule is CC(c1ccc(S(N)(=O)=O)cc1)N(C)CC(=O)Nc1sc2c(c1C(N)=O)CCCC2. The molecule has 2 aromatic rings. The highest BCUT2D eigenvalue weighted by Gasteiger charge is 2.25. The van der Waals surface area contributed by atoms with E-state index in [0.717, 1.165) is 41.7 Å². The van der Waals surface area contributed by atoms with Crippen LogP contribution < -0.4 is 16.2 Å². The van der Waals surface area contributed by atoms with Crippen molar-refractivity contribution in [2.75, 3.05) is 18.9 Å². The minimum atomic E-state index is -3.75. The molecule has 10 heteroatoms. The molecule has 0 radical (unpaired) electrons. The molecule has 1 atom stereocenters. The molecule has 1 heterocycles. The average molecular weight is 451 g/mol. The van der Waals surface area contributed by atoms with Crippen LogP contribution in [0.25, 0.3) is 0 Å². The summed E-state index contributed by atoms with van der Waals surface area (Å²) in [6.07, 6.45) is 3.80. The van der Waals surface area contributed by atoms with Crippen LogP contribution in [-0.2, 0) is 27.7 Å². The highest BCUT2D eigenvalue weighted by molar-refractivity contribution is 7.89. The zero-order valence-electron chi connectivity index (χ0n) is 17.0. The van der Waals surface area contributed by atoms with Gasteiger partial charge in [-0.3, -0.25) is 14.5 Å². The Morgan fingerprint density at radius 1 is 1.20 bits per heavy atom. The van der Waals surface area contributed by atoms with E-state index in [1.807, 2.05) is 11.8 Å². The largest absolute Gasteiger partial charge is 0.365 e. The highest BCUT2D eigenvalue weighted by atomic mass is 32.2. The number of primary sulfonamides is 1. The number of amides is 2. The molecule has 1 unspecified atom stereocenters. The Labute approximate surface area is 180 Å². The first-order valence-electron chi connectivity index (χ1n) is 9.65. The van der Waals surface area contributed by atoms with Gasteiger partial charge in [0.25, 0.3) is 5.91 Å². The minimum Gasteiger partial charge on any atom is -0.365 e. The number of fused-ring (bicyclic) bond motifs is 1. The fourth-order valence-electron chi connectivity index (χ4n) is 3.63. The summed E-state index contributed by atoms with van der Waals surface area (Å²) in [6, 6.07) is 6.11. The van der Waals surface area contributed by atoms with Gasteiger partial charge in [-0.1, -0.05) is 12.1 Å². The number of sulfonamides is 1. The standard InChI is InChI=1S/C20H26N4O4S2/c1-12(13-7-9-14(10-8-13)30(22,27)28)24(2)11-17(25)23-20-18(19(21)26)15-5-3-4-6-16(15)29-20/h7-10,12H,3-6,11H2,1-2H3,(H2,21,26)(H,23,25)(H2,22,27,28). The van der Waals surface area contributed by atoms with Crippen molar-refractivity contribution >= 4 is 38.2 Å². The Morgan fingerprint density at radius 3 is 2.43 bits per heavy atom. The molecule has 0 bridgehead atoms. The number of primary amides is 1. The smallest absolute Gasteiger partial charge is 0.251 e. The maximum absolute atomic E-state index is 12.6. The fraction of sp³-hybridized carbons (Fsp3) is 0.400. The number of nitrogens with two attached hydrogens (primary N) is 2. The predicted molar refractivity (Wildman–Crippen MR) is 117 cm³/mol. The molecule has 5 N–H and O–H groups in total. The van der Waals surface area contributed by atoms with Crippen molar-refractivity contribution in [3.63, 3.8) is 0 Å². The second-order valence-electron chi connectivity index (χ2n) is 7.53. The van der Waals surface area contributed by atoms with E-state index >= 15 is 0 Å². The molecule has 0 spiro atoms. The van der Waals surface area contributed by atoms with Crippen LogP contribution in [0.2, 0.25) is 0 Å². The average Bonchev–Trinajstić information content (AvgIpc) is 3.04. The summed E-state index contributed by atoms with van der Waals surface area (Å²) in [5.74, 6) is -0.757. The third-order valence-corrected chi connectivity index (χ3v) is 7.55. The summed E-state index contributed by atoms with van der Waals surface area (Å²) in [4.78, 5) is 27.6. The van der Waals surface area contributed by atoms with E-state index < -0.39 is 15.9 Å². The zero-order valence-corrected chi connectivity index (χ0v) is 18.6. The predicted octanol–water partition coefficient (Wildman–Crippen LogP) is 2.00. The zero-order chi connectivity index (χ0) is 22.1. The number of carbonyl (C=O) groups excluding carboxylic acids is 2. The molecule has 1 aromatic heterocycles. The van der Waals surface area contributed by atoms with Crippen LogP contribution in [0.4, 0.5) is 5.00 Å². The summed E-state index contributed by atoms with van der Waals surface area (Å²) >= 11 is 1.43. The summed E-state index contributed by atoms with van der Waals surface area (Å²) in [5.41, 5.74) is 7.85. The Morgan fingerprint density at radius 2 is 1.83 bits per heavy atom. The normalized spacial score (nSPS) is 14.9. The lowest BCUT2D eigenvalue weighted by atomic mass is 9.95. The minimum absolute atomic E-state index is 0.0412. The fourth-order valence-corrected chi connectivity index (χ4v) is 5.46. The maximum Gasteiger partial charge on any atom is 0.251 e. The van der Waals surface area contributed by atoms with Gasteiger partial charge in [-0.2, -0.15) is 0 Å². The molecule has 0 saturated carbocycles. The molecule has 2 amide bonds. The topological polar surface area (TPSA) is 136 Å². The number of hydrogen-bond acceptors (Lipinski definition) is 6. The lowest BCUT2D eigenvalue weighted by Crippen LogP contribution is -2.32. The van der Waals surface area contributed by atoms with E-state index in [2.05, 4.69) is 5.32 Å². The number of thiophene rings is 1. The molecular weight excluding hydrogens is 424 g/mol. The number of aryl methyl sites for hydroxylation is 1. The third-order valence-electron chi connectivity index (χ3n) is 5.42. The second-order valence-corrected chi connectivity index (χ2v) is 10.2. The van der Waals surface area contributed by atoms with Crippen LogP contribution in [0.15, 0.2) is 29.2 Å². The Hall–Kier alpha value is -2.27. The van der Waals surface area contributed by atoms with E-state index in [9.17, 15) is 18.0 Å². The first-order chi connectivity index (χ1) is 14.1. The van der Waals surface area contributed by atoms with E-state index in [-0.39, 0.29) is 23.4 Å². The van der Waals surface area contributed by atoms with E-state index in [1.165, 1.54) is 23.5 Å².